The average molecular weight is 229 g/mol. The maximum atomic E-state index is 11.6. The van der Waals surface area contributed by atoms with Crippen molar-refractivity contribution >= 4 is 17.9 Å². The molecule has 1 rings (SSSR count). The Labute approximate surface area is 92.8 Å². The smallest absolute Gasteiger partial charge is 0.325 e. The molecule has 0 radical (unpaired) electrons. The number of hydrogen-bond acceptors (Lipinski definition) is 3. The highest BCUT2D eigenvalue weighted by atomic mass is 16.4. The monoisotopic (exact) mass is 229 g/mol. The van der Waals surface area contributed by atoms with Gasteiger partial charge < -0.3 is 20.6 Å². The van der Waals surface area contributed by atoms with E-state index in [0.29, 0.717) is 19.5 Å². The first-order chi connectivity index (χ1) is 7.50. The van der Waals surface area contributed by atoms with Crippen LogP contribution >= 0.6 is 0 Å². The van der Waals surface area contributed by atoms with E-state index in [1.165, 1.54) is 11.8 Å². The van der Waals surface area contributed by atoms with Gasteiger partial charge in [0.05, 0.1) is 0 Å². The van der Waals surface area contributed by atoms with E-state index in [2.05, 4.69) is 10.6 Å². The summed E-state index contributed by atoms with van der Waals surface area (Å²) in [6.07, 6.45) is 0.667. The first kappa shape index (κ1) is 12.3. The maximum Gasteiger partial charge on any atom is 0.325 e. The molecular weight excluding hydrogens is 214 g/mol. The summed E-state index contributed by atoms with van der Waals surface area (Å²) < 4.78 is 0. The molecule has 1 aliphatic rings. The van der Waals surface area contributed by atoms with Crippen LogP contribution in [0.25, 0.3) is 0 Å². The third kappa shape index (κ3) is 3.41. The molecule has 7 nitrogen and oxygen atoms in total. The van der Waals surface area contributed by atoms with Crippen molar-refractivity contribution in [3.8, 4) is 0 Å². The van der Waals surface area contributed by atoms with E-state index < -0.39 is 18.0 Å². The first-order valence-electron chi connectivity index (χ1n) is 5.05. The van der Waals surface area contributed by atoms with Crippen LogP contribution < -0.4 is 10.6 Å². The molecule has 3 N–H and O–H groups in total. The lowest BCUT2D eigenvalue weighted by Gasteiger charge is -2.21. The summed E-state index contributed by atoms with van der Waals surface area (Å²) in [5, 5.41) is 13.6. The highest BCUT2D eigenvalue weighted by Crippen LogP contribution is 1.97. The van der Waals surface area contributed by atoms with Crippen molar-refractivity contribution in [1.82, 2.24) is 15.5 Å². The number of carbonyl (C=O) groups is 3. The van der Waals surface area contributed by atoms with Gasteiger partial charge in [0.2, 0.25) is 5.91 Å². The van der Waals surface area contributed by atoms with E-state index in [1.807, 2.05) is 0 Å². The van der Waals surface area contributed by atoms with E-state index >= 15 is 0 Å². The van der Waals surface area contributed by atoms with Gasteiger partial charge in [-0.05, 0) is 13.3 Å². The van der Waals surface area contributed by atoms with Gasteiger partial charge in [0.1, 0.15) is 12.6 Å². The summed E-state index contributed by atoms with van der Waals surface area (Å²) in [5.41, 5.74) is 0. The van der Waals surface area contributed by atoms with Crippen LogP contribution in [0.15, 0.2) is 0 Å². The number of nitrogens with one attached hydrogen (secondary N) is 2. The van der Waals surface area contributed by atoms with Gasteiger partial charge in [-0.2, -0.15) is 0 Å². The molecular formula is C9H15N3O4. The number of carboxylic acids is 1. The third-order valence-corrected chi connectivity index (χ3v) is 2.26. The summed E-state index contributed by atoms with van der Waals surface area (Å²) in [6, 6.07) is -1.48. The van der Waals surface area contributed by atoms with Crippen LogP contribution in [-0.4, -0.2) is 53.6 Å². The number of nitrogens with zero attached hydrogens (tertiary/aromatic N) is 1. The van der Waals surface area contributed by atoms with Gasteiger partial charge in [-0.15, -0.1) is 0 Å². The van der Waals surface area contributed by atoms with E-state index in [1.54, 1.807) is 0 Å². The van der Waals surface area contributed by atoms with E-state index in [0.717, 1.165) is 0 Å². The second-order valence-electron chi connectivity index (χ2n) is 3.63. The van der Waals surface area contributed by atoms with E-state index in [9.17, 15) is 14.4 Å². The quantitative estimate of drug-likeness (QED) is 0.565. The largest absolute Gasteiger partial charge is 0.480 e. The van der Waals surface area contributed by atoms with Crippen molar-refractivity contribution in [3.05, 3.63) is 0 Å². The van der Waals surface area contributed by atoms with Crippen LogP contribution in [-0.2, 0) is 9.59 Å². The number of aliphatic carboxylic acids is 1. The molecule has 0 bridgehead atoms. The zero-order valence-electron chi connectivity index (χ0n) is 9.02. The second kappa shape index (κ2) is 5.34. The number of rotatable bonds is 2. The molecule has 0 saturated carbocycles. The van der Waals surface area contributed by atoms with Crippen molar-refractivity contribution in [3.63, 3.8) is 0 Å². The van der Waals surface area contributed by atoms with Crippen LogP contribution in [0, 0.1) is 0 Å². The number of amides is 3. The highest BCUT2D eigenvalue weighted by Gasteiger charge is 2.22. The minimum atomic E-state index is -1.10. The third-order valence-electron chi connectivity index (χ3n) is 2.26. The Morgan fingerprint density at radius 2 is 2.25 bits per heavy atom. The summed E-state index contributed by atoms with van der Waals surface area (Å²) in [4.78, 5) is 34.6. The lowest BCUT2D eigenvalue weighted by atomic mass is 10.3. The molecule has 1 saturated heterocycles. The van der Waals surface area contributed by atoms with Gasteiger partial charge in [-0.1, -0.05) is 0 Å². The molecule has 0 spiro atoms. The minimum Gasteiger partial charge on any atom is -0.480 e. The van der Waals surface area contributed by atoms with Crippen molar-refractivity contribution in [2.24, 2.45) is 0 Å². The van der Waals surface area contributed by atoms with Crippen molar-refractivity contribution in [2.45, 2.75) is 19.4 Å². The fraction of sp³-hybridized carbons (Fsp3) is 0.667. The fourth-order valence-electron chi connectivity index (χ4n) is 1.32. The van der Waals surface area contributed by atoms with Gasteiger partial charge >= 0.3 is 12.0 Å². The number of carbonyl (C=O) groups excluding carboxylic acids is 2. The molecule has 16 heavy (non-hydrogen) atoms. The highest BCUT2D eigenvalue weighted by molar-refractivity contribution is 5.86. The van der Waals surface area contributed by atoms with E-state index in [-0.39, 0.29) is 12.5 Å². The predicted octanol–water partition coefficient (Wildman–Crippen LogP) is -1.01. The maximum absolute atomic E-state index is 11.6. The van der Waals surface area contributed by atoms with Crippen molar-refractivity contribution in [1.29, 1.82) is 0 Å². The van der Waals surface area contributed by atoms with Crippen LogP contribution in [0.4, 0.5) is 4.79 Å². The zero-order valence-corrected chi connectivity index (χ0v) is 9.02. The Bertz CT molecular complexity index is 305. The van der Waals surface area contributed by atoms with E-state index in [4.69, 9.17) is 5.11 Å². The van der Waals surface area contributed by atoms with Crippen LogP contribution in [0.5, 0.6) is 0 Å². The molecule has 0 aromatic heterocycles. The summed E-state index contributed by atoms with van der Waals surface area (Å²) in [5.74, 6) is -1.33. The standard InChI is InChI=1S/C9H15N3O4/c1-6(8(14)15)11-9(16)12-4-2-3-10-7(13)5-12/h6H,2-5H2,1H3,(H,10,13)(H,11,16)(H,14,15)/t6-/m0/s1. The molecule has 1 aliphatic heterocycles. The molecule has 0 aliphatic carbocycles. The molecule has 0 aromatic carbocycles. The topological polar surface area (TPSA) is 98.7 Å². The molecule has 7 heteroatoms. The predicted molar refractivity (Wildman–Crippen MR) is 54.8 cm³/mol. The Kier molecular flexibility index (Phi) is 4.10. The van der Waals surface area contributed by atoms with Crippen molar-refractivity contribution in [2.75, 3.05) is 19.6 Å². The van der Waals surface area contributed by atoms with Crippen LogP contribution in [0.3, 0.4) is 0 Å². The van der Waals surface area contributed by atoms with Gasteiger partial charge in [-0.3, -0.25) is 9.59 Å². The zero-order chi connectivity index (χ0) is 12.1. The Morgan fingerprint density at radius 1 is 1.56 bits per heavy atom. The molecule has 1 fully saturated rings. The van der Waals surface area contributed by atoms with Gasteiger partial charge in [0, 0.05) is 13.1 Å². The SMILES string of the molecule is C[C@H](NC(=O)N1CCCNC(=O)C1)C(=O)O. The molecule has 90 valence electrons. The molecule has 3 amide bonds. The fourth-order valence-corrected chi connectivity index (χ4v) is 1.32. The molecule has 0 aromatic rings. The average Bonchev–Trinajstić information content (AvgIpc) is 2.42. The Hall–Kier alpha value is -1.79. The number of carboxylic acid groups (broad SMARTS) is 1. The summed E-state index contributed by atoms with van der Waals surface area (Å²) in [6.45, 7) is 2.32. The van der Waals surface area contributed by atoms with Gasteiger partial charge in [0.15, 0.2) is 0 Å². The molecule has 0 unspecified atom stereocenters. The first-order valence-corrected chi connectivity index (χ1v) is 5.05. The van der Waals surface area contributed by atoms with Crippen molar-refractivity contribution < 1.29 is 19.5 Å². The number of urea groups is 1. The summed E-state index contributed by atoms with van der Waals surface area (Å²) in [7, 11) is 0. The lowest BCUT2D eigenvalue weighted by molar-refractivity contribution is -0.138. The Balaban J connectivity index is 2.52. The van der Waals surface area contributed by atoms with Gasteiger partial charge in [0.25, 0.3) is 0 Å². The van der Waals surface area contributed by atoms with Gasteiger partial charge in [-0.25, -0.2) is 4.79 Å². The molecule has 1 atom stereocenters. The van der Waals surface area contributed by atoms with Crippen LogP contribution in [0.1, 0.15) is 13.3 Å². The Morgan fingerprint density at radius 3 is 2.88 bits per heavy atom. The second-order valence-corrected chi connectivity index (χ2v) is 3.63. The summed E-state index contributed by atoms with van der Waals surface area (Å²) >= 11 is 0. The normalized spacial score (nSPS) is 18.3. The minimum absolute atomic E-state index is 0.0296. The lowest BCUT2D eigenvalue weighted by Crippen LogP contribution is -2.48. The molecule has 1 heterocycles. The number of hydrogen-bond donors (Lipinski definition) is 3. The van der Waals surface area contributed by atoms with Crippen LogP contribution in [0.2, 0.25) is 0 Å².